The number of cyclic esters (lactones) is 1. The normalized spacial score (nSPS) is 17.2. The maximum absolute atomic E-state index is 12.0. The maximum atomic E-state index is 12.0. The SMILES string of the molecule is CC(=S)NC[C@@H]1CN(c2ccc(-c3nc(C)no3)cc2)C(=O)O1. The predicted molar refractivity (Wildman–Crippen MR) is 88.4 cm³/mol. The molecule has 1 atom stereocenters. The second kappa shape index (κ2) is 6.33. The highest BCUT2D eigenvalue weighted by Gasteiger charge is 2.32. The summed E-state index contributed by atoms with van der Waals surface area (Å²) in [5.74, 6) is 1.04. The van der Waals surface area contributed by atoms with Crippen molar-refractivity contribution < 1.29 is 14.1 Å². The van der Waals surface area contributed by atoms with Crippen molar-refractivity contribution in [3.05, 3.63) is 30.1 Å². The zero-order valence-electron chi connectivity index (χ0n) is 12.8. The van der Waals surface area contributed by atoms with Crippen LogP contribution >= 0.6 is 12.2 Å². The first-order valence-electron chi connectivity index (χ1n) is 7.16. The van der Waals surface area contributed by atoms with Gasteiger partial charge in [-0.15, -0.1) is 0 Å². The Labute approximate surface area is 138 Å². The van der Waals surface area contributed by atoms with Gasteiger partial charge in [-0.1, -0.05) is 17.4 Å². The van der Waals surface area contributed by atoms with Gasteiger partial charge in [0, 0.05) is 11.3 Å². The van der Waals surface area contributed by atoms with Crippen LogP contribution in [0.4, 0.5) is 10.5 Å². The fourth-order valence-corrected chi connectivity index (χ4v) is 2.38. The minimum absolute atomic E-state index is 0.223. The summed E-state index contributed by atoms with van der Waals surface area (Å²) in [7, 11) is 0. The van der Waals surface area contributed by atoms with E-state index in [1.807, 2.05) is 24.3 Å². The van der Waals surface area contributed by atoms with Gasteiger partial charge in [0.25, 0.3) is 5.89 Å². The molecule has 2 aromatic rings. The van der Waals surface area contributed by atoms with E-state index in [4.69, 9.17) is 21.5 Å². The third-order valence-corrected chi connectivity index (χ3v) is 3.55. The number of hydrogen-bond acceptors (Lipinski definition) is 6. The number of hydrogen-bond donors (Lipinski definition) is 1. The van der Waals surface area contributed by atoms with Crippen molar-refractivity contribution >= 4 is 29.0 Å². The fraction of sp³-hybridized carbons (Fsp3) is 0.333. The number of amides is 1. The number of carbonyl (C=O) groups excluding carboxylic acids is 1. The Bertz CT molecular complexity index is 729. The molecule has 1 aliphatic rings. The van der Waals surface area contributed by atoms with Crippen LogP contribution in [0.2, 0.25) is 0 Å². The maximum Gasteiger partial charge on any atom is 0.414 e. The Hall–Kier alpha value is -2.48. The first-order valence-corrected chi connectivity index (χ1v) is 7.57. The zero-order chi connectivity index (χ0) is 16.4. The summed E-state index contributed by atoms with van der Waals surface area (Å²) in [6, 6.07) is 7.33. The number of ether oxygens (including phenoxy) is 1. The summed E-state index contributed by atoms with van der Waals surface area (Å²) in [4.78, 5) is 18.4. The molecule has 2 heterocycles. The van der Waals surface area contributed by atoms with Crippen molar-refractivity contribution in [2.45, 2.75) is 20.0 Å². The lowest BCUT2D eigenvalue weighted by Gasteiger charge is -2.13. The molecule has 0 bridgehead atoms. The fourth-order valence-electron chi connectivity index (χ4n) is 2.29. The lowest BCUT2D eigenvalue weighted by molar-refractivity contribution is 0.143. The smallest absolute Gasteiger partial charge is 0.414 e. The van der Waals surface area contributed by atoms with Crippen molar-refractivity contribution in [1.29, 1.82) is 0 Å². The molecule has 23 heavy (non-hydrogen) atoms. The van der Waals surface area contributed by atoms with Crippen LogP contribution in [0.3, 0.4) is 0 Å². The summed E-state index contributed by atoms with van der Waals surface area (Å²) in [5, 5.41) is 6.77. The van der Waals surface area contributed by atoms with Crippen molar-refractivity contribution in [3.63, 3.8) is 0 Å². The van der Waals surface area contributed by atoms with Crippen molar-refractivity contribution in [2.24, 2.45) is 0 Å². The van der Waals surface area contributed by atoms with Crippen molar-refractivity contribution in [2.75, 3.05) is 18.0 Å². The number of nitrogens with zero attached hydrogens (tertiary/aromatic N) is 3. The number of anilines is 1. The molecular formula is C15H16N4O3S. The Balaban J connectivity index is 1.69. The molecule has 7 nitrogen and oxygen atoms in total. The molecule has 3 rings (SSSR count). The Morgan fingerprint density at radius 2 is 2.17 bits per heavy atom. The molecule has 1 aromatic carbocycles. The summed E-state index contributed by atoms with van der Waals surface area (Å²) >= 11 is 4.96. The number of aryl methyl sites for hydroxylation is 1. The highest BCUT2D eigenvalue weighted by Crippen LogP contribution is 2.25. The van der Waals surface area contributed by atoms with Crippen LogP contribution < -0.4 is 10.2 Å². The molecule has 0 aliphatic carbocycles. The minimum atomic E-state index is -0.361. The molecule has 0 unspecified atom stereocenters. The average molecular weight is 332 g/mol. The Morgan fingerprint density at radius 3 is 2.78 bits per heavy atom. The summed E-state index contributed by atoms with van der Waals surface area (Å²) in [5.41, 5.74) is 1.56. The summed E-state index contributed by atoms with van der Waals surface area (Å²) in [6.45, 7) is 4.55. The Kier molecular flexibility index (Phi) is 4.24. The minimum Gasteiger partial charge on any atom is -0.442 e. The molecule has 1 N–H and O–H groups in total. The van der Waals surface area contributed by atoms with Gasteiger partial charge in [0.05, 0.1) is 18.1 Å². The molecule has 1 amide bonds. The molecule has 1 saturated heterocycles. The highest BCUT2D eigenvalue weighted by atomic mass is 32.1. The van der Waals surface area contributed by atoms with Gasteiger partial charge in [-0.05, 0) is 38.1 Å². The van der Waals surface area contributed by atoms with E-state index in [0.29, 0.717) is 29.8 Å². The van der Waals surface area contributed by atoms with Crippen LogP contribution in [0.15, 0.2) is 28.8 Å². The van der Waals surface area contributed by atoms with Crippen LogP contribution in [0, 0.1) is 6.92 Å². The zero-order valence-corrected chi connectivity index (χ0v) is 13.6. The van der Waals surface area contributed by atoms with E-state index in [1.54, 1.807) is 18.7 Å². The number of rotatable bonds is 4. The lowest BCUT2D eigenvalue weighted by atomic mass is 10.2. The molecule has 1 fully saturated rings. The van der Waals surface area contributed by atoms with E-state index in [9.17, 15) is 4.79 Å². The number of benzene rings is 1. The monoisotopic (exact) mass is 332 g/mol. The molecular weight excluding hydrogens is 316 g/mol. The highest BCUT2D eigenvalue weighted by molar-refractivity contribution is 7.80. The van der Waals surface area contributed by atoms with Crippen molar-refractivity contribution in [1.82, 2.24) is 15.5 Å². The van der Waals surface area contributed by atoms with Gasteiger partial charge >= 0.3 is 6.09 Å². The predicted octanol–water partition coefficient (Wildman–Crippen LogP) is 2.31. The van der Waals surface area contributed by atoms with Gasteiger partial charge in [-0.25, -0.2) is 4.79 Å². The van der Waals surface area contributed by atoms with Gasteiger partial charge in [0.15, 0.2) is 5.82 Å². The second-order valence-electron chi connectivity index (χ2n) is 5.25. The van der Waals surface area contributed by atoms with E-state index >= 15 is 0 Å². The molecule has 120 valence electrons. The third kappa shape index (κ3) is 3.48. The summed E-state index contributed by atoms with van der Waals surface area (Å²) in [6.07, 6.45) is -0.584. The van der Waals surface area contributed by atoms with Crippen LogP contribution in [0.1, 0.15) is 12.7 Å². The molecule has 0 radical (unpaired) electrons. The topological polar surface area (TPSA) is 80.5 Å². The van der Waals surface area contributed by atoms with Crippen molar-refractivity contribution in [3.8, 4) is 11.5 Å². The van der Waals surface area contributed by atoms with Crippen LogP contribution in [-0.2, 0) is 4.74 Å². The van der Waals surface area contributed by atoms with Gasteiger partial charge in [0.2, 0.25) is 0 Å². The van der Waals surface area contributed by atoms with Gasteiger partial charge in [-0.2, -0.15) is 4.98 Å². The third-order valence-electron chi connectivity index (χ3n) is 3.41. The van der Waals surface area contributed by atoms with E-state index in [2.05, 4.69) is 15.5 Å². The van der Waals surface area contributed by atoms with E-state index in [0.717, 1.165) is 11.3 Å². The number of carbonyl (C=O) groups is 1. The standard InChI is InChI=1S/C15H16N4O3S/c1-9-17-14(22-18-9)11-3-5-12(6-4-11)19-8-13(21-15(19)20)7-16-10(2)23/h3-6,13H,7-8H2,1-2H3,(H,16,23)/t13-/m1/s1. The number of aromatic nitrogens is 2. The van der Waals surface area contributed by atoms with E-state index in [1.165, 1.54) is 0 Å². The van der Waals surface area contributed by atoms with E-state index in [-0.39, 0.29) is 12.2 Å². The first kappa shape index (κ1) is 15.4. The number of thiocarbonyl (C=S) groups is 1. The van der Waals surface area contributed by atoms with Crippen LogP contribution in [-0.4, -0.2) is 40.4 Å². The molecule has 8 heteroatoms. The van der Waals surface area contributed by atoms with Gasteiger partial charge < -0.3 is 14.6 Å². The first-order chi connectivity index (χ1) is 11.0. The van der Waals surface area contributed by atoms with Crippen LogP contribution in [0.5, 0.6) is 0 Å². The molecule has 1 aliphatic heterocycles. The van der Waals surface area contributed by atoms with E-state index < -0.39 is 0 Å². The van der Waals surface area contributed by atoms with Crippen LogP contribution in [0.25, 0.3) is 11.5 Å². The molecule has 0 spiro atoms. The molecule has 1 aromatic heterocycles. The quantitative estimate of drug-likeness (QED) is 0.860. The molecule has 0 saturated carbocycles. The Morgan fingerprint density at radius 1 is 1.43 bits per heavy atom. The number of nitrogens with one attached hydrogen (secondary N) is 1. The lowest BCUT2D eigenvalue weighted by Crippen LogP contribution is -2.32. The van der Waals surface area contributed by atoms with Gasteiger partial charge in [-0.3, -0.25) is 4.90 Å². The average Bonchev–Trinajstić information content (AvgIpc) is 3.11. The second-order valence-corrected chi connectivity index (χ2v) is 5.86. The summed E-state index contributed by atoms with van der Waals surface area (Å²) < 4.78 is 10.4. The van der Waals surface area contributed by atoms with Gasteiger partial charge in [0.1, 0.15) is 6.10 Å². The largest absolute Gasteiger partial charge is 0.442 e.